The molecule has 2 atom stereocenters. The molecule has 1 fully saturated rings. The number of benzene rings is 3. The Hall–Kier alpha value is -3.20. The van der Waals surface area contributed by atoms with Gasteiger partial charge < -0.3 is 0 Å². The van der Waals surface area contributed by atoms with Crippen LogP contribution in [0.4, 0.5) is 5.69 Å². The molecule has 0 saturated carbocycles. The summed E-state index contributed by atoms with van der Waals surface area (Å²) in [5, 5.41) is 0. The minimum atomic E-state index is -0.501. The first-order valence-electron chi connectivity index (χ1n) is 10.2. The molecule has 3 heteroatoms. The number of carbonyl (C=O) groups excluding carboxylic acids is 2. The van der Waals surface area contributed by atoms with Crippen molar-refractivity contribution in [3.63, 3.8) is 0 Å². The van der Waals surface area contributed by atoms with Crippen LogP contribution in [-0.2, 0) is 15.0 Å². The van der Waals surface area contributed by atoms with E-state index in [9.17, 15) is 9.59 Å². The average Bonchev–Trinajstić information content (AvgIpc) is 3.01. The van der Waals surface area contributed by atoms with Crippen LogP contribution in [0.5, 0.6) is 0 Å². The number of nitrogens with zero attached hydrogens (tertiary/aromatic N) is 1. The zero-order chi connectivity index (χ0) is 19.9. The number of amides is 2. The summed E-state index contributed by atoms with van der Waals surface area (Å²) in [5.41, 5.74) is 6.06. The highest BCUT2D eigenvalue weighted by Gasteiger charge is 2.66. The highest BCUT2D eigenvalue weighted by molar-refractivity contribution is 6.23. The van der Waals surface area contributed by atoms with Gasteiger partial charge in [-0.3, -0.25) is 9.59 Å². The predicted molar refractivity (Wildman–Crippen MR) is 112 cm³/mol. The van der Waals surface area contributed by atoms with E-state index in [4.69, 9.17) is 0 Å². The van der Waals surface area contributed by atoms with Crippen LogP contribution in [0, 0.1) is 18.8 Å². The van der Waals surface area contributed by atoms with Crippen molar-refractivity contribution in [2.45, 2.75) is 25.2 Å². The van der Waals surface area contributed by atoms with Gasteiger partial charge in [-0.15, -0.1) is 0 Å². The largest absolute Gasteiger partial charge is 0.274 e. The van der Waals surface area contributed by atoms with Crippen molar-refractivity contribution < 1.29 is 9.59 Å². The summed E-state index contributed by atoms with van der Waals surface area (Å²) in [4.78, 5) is 28.9. The molecule has 7 rings (SSSR count). The Bertz CT molecular complexity index is 1150. The molecule has 0 aromatic heterocycles. The molecule has 142 valence electrons. The van der Waals surface area contributed by atoms with E-state index in [1.807, 2.05) is 55.5 Å². The SMILES string of the molecule is Cc1ccc(N2C(=O)[C@H]3C4c5ccccc5C(C)(c5ccccc54)[C@H]3C2=O)cc1. The maximum atomic E-state index is 13.8. The van der Waals surface area contributed by atoms with Crippen molar-refractivity contribution in [2.24, 2.45) is 11.8 Å². The van der Waals surface area contributed by atoms with Gasteiger partial charge in [0.2, 0.25) is 11.8 Å². The van der Waals surface area contributed by atoms with E-state index >= 15 is 0 Å². The topological polar surface area (TPSA) is 37.4 Å². The molecule has 4 aliphatic rings. The minimum absolute atomic E-state index is 0.0657. The predicted octanol–water partition coefficient (Wildman–Crippen LogP) is 4.57. The molecule has 2 bridgehead atoms. The fourth-order valence-electron chi connectivity index (χ4n) is 6.10. The van der Waals surface area contributed by atoms with Gasteiger partial charge in [0.15, 0.2) is 0 Å². The van der Waals surface area contributed by atoms with Crippen LogP contribution in [0.1, 0.15) is 40.7 Å². The van der Waals surface area contributed by atoms with Gasteiger partial charge >= 0.3 is 0 Å². The number of hydrogen-bond acceptors (Lipinski definition) is 2. The summed E-state index contributed by atoms with van der Waals surface area (Å²) in [6.45, 7) is 4.16. The van der Waals surface area contributed by atoms with Crippen LogP contribution in [0.15, 0.2) is 72.8 Å². The Labute approximate surface area is 170 Å². The first-order valence-corrected chi connectivity index (χ1v) is 10.2. The first-order chi connectivity index (χ1) is 14.0. The van der Waals surface area contributed by atoms with Gasteiger partial charge in [-0.25, -0.2) is 4.90 Å². The maximum absolute atomic E-state index is 13.8. The zero-order valence-corrected chi connectivity index (χ0v) is 16.4. The fraction of sp³-hybridized carbons (Fsp3) is 0.231. The molecule has 29 heavy (non-hydrogen) atoms. The van der Waals surface area contributed by atoms with E-state index in [0.29, 0.717) is 5.69 Å². The first kappa shape index (κ1) is 16.7. The van der Waals surface area contributed by atoms with Gasteiger partial charge in [-0.1, -0.05) is 73.2 Å². The smallest absolute Gasteiger partial charge is 0.238 e. The van der Waals surface area contributed by atoms with Crippen LogP contribution >= 0.6 is 0 Å². The Morgan fingerprint density at radius 3 is 1.90 bits per heavy atom. The number of hydrogen-bond donors (Lipinski definition) is 0. The zero-order valence-electron chi connectivity index (χ0n) is 16.4. The molecular formula is C26H21NO2. The van der Waals surface area contributed by atoms with Crippen molar-refractivity contribution in [3.05, 3.63) is 101 Å². The Kier molecular flexibility index (Phi) is 3.14. The molecule has 0 radical (unpaired) electrons. The second kappa shape index (κ2) is 5.44. The quantitative estimate of drug-likeness (QED) is 0.581. The lowest BCUT2D eigenvalue weighted by molar-refractivity contribution is -0.123. The maximum Gasteiger partial charge on any atom is 0.238 e. The van der Waals surface area contributed by atoms with E-state index in [2.05, 4.69) is 31.2 Å². The third-order valence-corrected chi connectivity index (χ3v) is 7.34. The van der Waals surface area contributed by atoms with E-state index in [1.54, 1.807) is 0 Å². The molecule has 0 unspecified atom stereocenters. The van der Waals surface area contributed by atoms with E-state index < -0.39 is 5.41 Å². The van der Waals surface area contributed by atoms with E-state index in [1.165, 1.54) is 27.2 Å². The Morgan fingerprint density at radius 2 is 1.31 bits per heavy atom. The summed E-state index contributed by atoms with van der Waals surface area (Å²) < 4.78 is 0. The molecule has 0 N–H and O–H groups in total. The van der Waals surface area contributed by atoms with Crippen LogP contribution in [-0.4, -0.2) is 11.8 Å². The highest BCUT2D eigenvalue weighted by atomic mass is 16.2. The minimum Gasteiger partial charge on any atom is -0.274 e. The molecule has 2 amide bonds. The molecule has 0 spiro atoms. The molecule has 1 aliphatic heterocycles. The lowest BCUT2D eigenvalue weighted by Gasteiger charge is -2.52. The number of imide groups is 1. The van der Waals surface area contributed by atoms with Crippen molar-refractivity contribution in [3.8, 4) is 0 Å². The Morgan fingerprint density at radius 1 is 0.759 bits per heavy atom. The third-order valence-electron chi connectivity index (χ3n) is 7.34. The molecule has 3 aromatic carbocycles. The summed E-state index contributed by atoms with van der Waals surface area (Å²) in [7, 11) is 0. The second-order valence-corrected chi connectivity index (χ2v) is 8.71. The summed E-state index contributed by atoms with van der Waals surface area (Å²) in [6.07, 6.45) is 0. The van der Waals surface area contributed by atoms with Crippen molar-refractivity contribution in [2.75, 3.05) is 4.90 Å². The van der Waals surface area contributed by atoms with Crippen LogP contribution in [0.25, 0.3) is 0 Å². The van der Waals surface area contributed by atoms with Crippen molar-refractivity contribution in [1.82, 2.24) is 0 Å². The summed E-state index contributed by atoms with van der Waals surface area (Å²) in [5.74, 6) is -0.921. The molecule has 3 aromatic rings. The molecular weight excluding hydrogens is 358 g/mol. The van der Waals surface area contributed by atoms with Gasteiger partial charge in [0.05, 0.1) is 17.5 Å². The standard InChI is InChI=1S/C26H21NO2/c1-15-11-13-16(14-12-15)27-24(28)22-21-17-7-3-5-9-19(17)26(2,23(22)25(27)29)20-10-6-4-8-18(20)21/h3-14,21-23H,1-2H3/t21?,22-,23+,26?/m0/s1. The number of anilines is 1. The molecule has 3 aliphatic carbocycles. The molecule has 3 nitrogen and oxygen atoms in total. The normalized spacial score (nSPS) is 28.9. The van der Waals surface area contributed by atoms with E-state index in [0.717, 1.165) is 5.56 Å². The fourth-order valence-corrected chi connectivity index (χ4v) is 6.10. The van der Waals surface area contributed by atoms with Gasteiger partial charge in [0.1, 0.15) is 0 Å². The lowest BCUT2D eigenvalue weighted by Crippen LogP contribution is -2.51. The number of rotatable bonds is 1. The van der Waals surface area contributed by atoms with E-state index in [-0.39, 0.29) is 29.6 Å². The second-order valence-electron chi connectivity index (χ2n) is 8.71. The average molecular weight is 379 g/mol. The highest BCUT2D eigenvalue weighted by Crippen LogP contribution is 2.64. The molecule has 1 heterocycles. The van der Waals surface area contributed by atoms with Gasteiger partial charge in [0.25, 0.3) is 0 Å². The summed E-state index contributed by atoms with van der Waals surface area (Å²) >= 11 is 0. The summed E-state index contributed by atoms with van der Waals surface area (Å²) in [6, 6.07) is 24.4. The number of carbonyl (C=O) groups is 2. The molecule has 1 saturated heterocycles. The monoisotopic (exact) mass is 379 g/mol. The third kappa shape index (κ3) is 1.88. The van der Waals surface area contributed by atoms with Crippen molar-refractivity contribution >= 4 is 17.5 Å². The van der Waals surface area contributed by atoms with Gasteiger partial charge in [-0.2, -0.15) is 0 Å². The Balaban J connectivity index is 1.61. The van der Waals surface area contributed by atoms with Crippen LogP contribution < -0.4 is 4.90 Å². The lowest BCUT2D eigenvalue weighted by atomic mass is 9.48. The van der Waals surface area contributed by atoms with Crippen LogP contribution in [0.2, 0.25) is 0 Å². The van der Waals surface area contributed by atoms with Gasteiger partial charge in [-0.05, 0) is 41.3 Å². The van der Waals surface area contributed by atoms with Crippen molar-refractivity contribution in [1.29, 1.82) is 0 Å². The van der Waals surface area contributed by atoms with Crippen LogP contribution in [0.3, 0.4) is 0 Å². The number of aryl methyl sites for hydroxylation is 1. The van der Waals surface area contributed by atoms with Gasteiger partial charge in [0, 0.05) is 11.3 Å².